The highest BCUT2D eigenvalue weighted by atomic mass is 15.1. The van der Waals surface area contributed by atoms with Gasteiger partial charge in [-0.2, -0.15) is 5.10 Å². The number of nitrogens with one attached hydrogen (secondary N) is 3. The molecule has 3 aromatic rings. The average Bonchev–Trinajstić information content (AvgIpc) is 3.01. The largest absolute Gasteiger partial charge is 0.382 e. The first-order valence-electron chi connectivity index (χ1n) is 7.93. The van der Waals surface area contributed by atoms with Crippen LogP contribution in [0.4, 0.5) is 17.3 Å². The van der Waals surface area contributed by atoms with Crippen molar-refractivity contribution in [1.82, 2.24) is 25.5 Å². The fourth-order valence-corrected chi connectivity index (χ4v) is 2.90. The Hall–Kier alpha value is -2.93. The molecule has 0 aliphatic carbocycles. The molecule has 1 aliphatic rings. The summed E-state index contributed by atoms with van der Waals surface area (Å²) in [5.74, 6) is 0.978. The third-order valence-electron chi connectivity index (χ3n) is 4.11. The normalized spacial score (nSPS) is 13.5. The van der Waals surface area contributed by atoms with Crippen LogP contribution in [0.2, 0.25) is 0 Å². The molecule has 0 fully saturated rings. The maximum absolute atomic E-state index is 6.05. The first-order valence-corrected chi connectivity index (χ1v) is 7.93. The predicted octanol–water partition coefficient (Wildman–Crippen LogP) is 2.15. The van der Waals surface area contributed by atoms with E-state index in [-0.39, 0.29) is 0 Å². The number of H-pyrrole nitrogens is 1. The minimum absolute atomic E-state index is 0.355. The van der Waals surface area contributed by atoms with Crippen LogP contribution in [0.3, 0.4) is 0 Å². The fraction of sp³-hybridized carbons (Fsp3) is 0.235. The quantitative estimate of drug-likeness (QED) is 0.589. The summed E-state index contributed by atoms with van der Waals surface area (Å²) in [5.41, 5.74) is 12.0. The Balaban J connectivity index is 1.58. The number of aromatic nitrogens is 4. The van der Waals surface area contributed by atoms with Crippen molar-refractivity contribution in [2.75, 3.05) is 17.6 Å². The zero-order valence-electron chi connectivity index (χ0n) is 13.4. The Morgan fingerprint density at radius 3 is 2.92 bits per heavy atom. The molecule has 3 heterocycles. The second-order valence-corrected chi connectivity index (χ2v) is 5.96. The molecule has 5 N–H and O–H groups in total. The molecule has 0 saturated carbocycles. The number of nitrogens with zero attached hydrogens (tertiary/aromatic N) is 3. The van der Waals surface area contributed by atoms with Gasteiger partial charge < -0.3 is 16.4 Å². The molecule has 0 saturated heterocycles. The summed E-state index contributed by atoms with van der Waals surface area (Å²) < 4.78 is 0. The molecular weight excluding hydrogens is 302 g/mol. The second-order valence-electron chi connectivity index (χ2n) is 5.96. The van der Waals surface area contributed by atoms with Crippen molar-refractivity contribution in [3.63, 3.8) is 0 Å². The van der Waals surface area contributed by atoms with E-state index in [1.165, 1.54) is 11.1 Å². The molecule has 0 unspecified atom stereocenters. The molecule has 24 heavy (non-hydrogen) atoms. The van der Waals surface area contributed by atoms with Gasteiger partial charge in [-0.15, -0.1) is 0 Å². The summed E-state index contributed by atoms with van der Waals surface area (Å²) in [5, 5.41) is 13.7. The zero-order valence-corrected chi connectivity index (χ0v) is 13.4. The minimum atomic E-state index is 0.355. The molecular formula is C17H19N7. The number of rotatable bonds is 3. The van der Waals surface area contributed by atoms with Crippen molar-refractivity contribution in [3.8, 4) is 11.4 Å². The molecule has 4 rings (SSSR count). The van der Waals surface area contributed by atoms with Crippen LogP contribution in [0.25, 0.3) is 11.4 Å². The summed E-state index contributed by atoms with van der Waals surface area (Å²) in [4.78, 5) is 8.81. The monoisotopic (exact) mass is 321 g/mol. The van der Waals surface area contributed by atoms with E-state index in [0.717, 1.165) is 30.9 Å². The lowest BCUT2D eigenvalue weighted by atomic mass is 10.0. The van der Waals surface area contributed by atoms with Gasteiger partial charge in [0.15, 0.2) is 11.6 Å². The Morgan fingerprint density at radius 2 is 2.12 bits per heavy atom. The van der Waals surface area contributed by atoms with Crippen LogP contribution in [0.5, 0.6) is 0 Å². The van der Waals surface area contributed by atoms with Crippen molar-refractivity contribution >= 4 is 17.3 Å². The van der Waals surface area contributed by atoms with Crippen molar-refractivity contribution < 1.29 is 0 Å². The summed E-state index contributed by atoms with van der Waals surface area (Å²) >= 11 is 0. The molecule has 7 nitrogen and oxygen atoms in total. The molecule has 1 aromatic carbocycles. The number of fused-ring (bicyclic) bond motifs is 1. The third-order valence-corrected chi connectivity index (χ3v) is 4.11. The number of hydrogen-bond donors (Lipinski definition) is 4. The van der Waals surface area contributed by atoms with Gasteiger partial charge in [0.25, 0.3) is 0 Å². The molecule has 0 spiro atoms. The van der Waals surface area contributed by atoms with Crippen LogP contribution in [0.15, 0.2) is 30.5 Å². The van der Waals surface area contributed by atoms with Gasteiger partial charge in [0, 0.05) is 17.9 Å². The van der Waals surface area contributed by atoms with Gasteiger partial charge >= 0.3 is 0 Å². The van der Waals surface area contributed by atoms with Crippen LogP contribution in [-0.2, 0) is 13.0 Å². The highest BCUT2D eigenvalue weighted by Crippen LogP contribution is 2.25. The van der Waals surface area contributed by atoms with E-state index >= 15 is 0 Å². The Kier molecular flexibility index (Phi) is 3.62. The molecule has 0 atom stereocenters. The molecule has 1 aliphatic heterocycles. The number of aryl methyl sites for hydroxylation is 1. The molecule has 0 radical (unpaired) electrons. The Bertz CT molecular complexity index is 884. The van der Waals surface area contributed by atoms with E-state index < -0.39 is 0 Å². The number of anilines is 3. The van der Waals surface area contributed by atoms with Crippen LogP contribution in [-0.4, -0.2) is 26.7 Å². The minimum Gasteiger partial charge on any atom is -0.382 e. The van der Waals surface area contributed by atoms with E-state index in [1.807, 2.05) is 13.0 Å². The number of nitrogens with two attached hydrogens (primary N) is 1. The van der Waals surface area contributed by atoms with Gasteiger partial charge in [-0.05, 0) is 49.2 Å². The molecule has 2 aromatic heterocycles. The standard InChI is InChI=1S/C17H19N7/c1-10-6-14(24-23-10)16-17(18)22-15(9-20-16)21-13-3-2-12-8-19-5-4-11(12)7-13/h2-3,6-7,9,19H,4-5,8H2,1H3,(H,23,24)(H3,18,21,22). The maximum atomic E-state index is 6.05. The van der Waals surface area contributed by atoms with Gasteiger partial charge in [0.1, 0.15) is 11.4 Å². The molecule has 122 valence electrons. The zero-order chi connectivity index (χ0) is 16.5. The van der Waals surface area contributed by atoms with E-state index in [1.54, 1.807) is 6.20 Å². The van der Waals surface area contributed by atoms with Crippen molar-refractivity contribution in [2.24, 2.45) is 0 Å². The fourth-order valence-electron chi connectivity index (χ4n) is 2.90. The first kappa shape index (κ1) is 14.6. The third kappa shape index (κ3) is 2.81. The summed E-state index contributed by atoms with van der Waals surface area (Å²) in [6.45, 7) is 3.88. The van der Waals surface area contributed by atoms with Crippen molar-refractivity contribution in [3.05, 3.63) is 47.3 Å². The summed E-state index contributed by atoms with van der Waals surface area (Å²) in [6.07, 6.45) is 2.72. The highest BCUT2D eigenvalue weighted by Gasteiger charge is 2.12. The number of hydrogen-bond acceptors (Lipinski definition) is 6. The van der Waals surface area contributed by atoms with Gasteiger partial charge in [-0.3, -0.25) is 5.10 Å². The van der Waals surface area contributed by atoms with E-state index in [2.05, 4.69) is 49.0 Å². The van der Waals surface area contributed by atoms with Gasteiger partial charge in [0.2, 0.25) is 0 Å². The van der Waals surface area contributed by atoms with E-state index in [4.69, 9.17) is 5.73 Å². The maximum Gasteiger partial charge on any atom is 0.154 e. The lowest BCUT2D eigenvalue weighted by Gasteiger charge is -2.18. The highest BCUT2D eigenvalue weighted by molar-refractivity contribution is 5.69. The summed E-state index contributed by atoms with van der Waals surface area (Å²) in [7, 11) is 0. The Morgan fingerprint density at radius 1 is 1.21 bits per heavy atom. The first-order chi connectivity index (χ1) is 11.7. The van der Waals surface area contributed by atoms with Crippen LogP contribution in [0.1, 0.15) is 16.8 Å². The van der Waals surface area contributed by atoms with Gasteiger partial charge in [0.05, 0.1) is 6.20 Å². The van der Waals surface area contributed by atoms with Crippen molar-refractivity contribution in [2.45, 2.75) is 19.9 Å². The van der Waals surface area contributed by atoms with Crippen LogP contribution in [0, 0.1) is 6.92 Å². The van der Waals surface area contributed by atoms with Gasteiger partial charge in [-0.25, -0.2) is 9.97 Å². The SMILES string of the molecule is Cc1cc(-c2ncc(Nc3ccc4c(c3)CCNC4)nc2N)n[nH]1. The lowest BCUT2D eigenvalue weighted by molar-refractivity contribution is 0.644. The van der Waals surface area contributed by atoms with E-state index in [0.29, 0.717) is 23.0 Å². The van der Waals surface area contributed by atoms with Crippen LogP contribution < -0.4 is 16.4 Å². The van der Waals surface area contributed by atoms with E-state index in [9.17, 15) is 0 Å². The number of aromatic amines is 1. The second kappa shape index (κ2) is 5.93. The topological polar surface area (TPSA) is 105 Å². The average molecular weight is 321 g/mol. The number of nitrogen functional groups attached to an aromatic ring is 1. The van der Waals surface area contributed by atoms with Gasteiger partial charge in [-0.1, -0.05) is 6.07 Å². The molecule has 7 heteroatoms. The molecule has 0 amide bonds. The van der Waals surface area contributed by atoms with Crippen LogP contribution >= 0.6 is 0 Å². The Labute approximate surface area is 139 Å². The smallest absolute Gasteiger partial charge is 0.154 e. The number of benzene rings is 1. The molecule has 0 bridgehead atoms. The lowest BCUT2D eigenvalue weighted by Crippen LogP contribution is -2.23. The predicted molar refractivity (Wildman–Crippen MR) is 93.9 cm³/mol. The van der Waals surface area contributed by atoms with Crippen molar-refractivity contribution in [1.29, 1.82) is 0 Å². The summed E-state index contributed by atoms with van der Waals surface area (Å²) in [6, 6.07) is 8.25.